The quantitative estimate of drug-likeness (QED) is 0.638. The summed E-state index contributed by atoms with van der Waals surface area (Å²) in [6.45, 7) is 0. The molecule has 1 aromatic carbocycles. The summed E-state index contributed by atoms with van der Waals surface area (Å²) in [6.07, 6.45) is -6.12. The standard InChI is InChI=1S/C17H14F4N4O3/c1-27-12-4-3-8(5-13(12)28-2)22-17(26)10-7-14-23-9(15(18)19)6-11(16(20)21)25(14)24-10/h3-7,15-16H,1-2H3,(H,22,26). The van der Waals surface area contributed by atoms with Crippen LogP contribution in [0.4, 0.5) is 23.2 Å². The van der Waals surface area contributed by atoms with Gasteiger partial charge in [-0.2, -0.15) is 5.10 Å². The monoisotopic (exact) mass is 398 g/mol. The van der Waals surface area contributed by atoms with Crippen molar-refractivity contribution in [1.29, 1.82) is 0 Å². The number of nitrogens with zero attached hydrogens (tertiary/aromatic N) is 3. The minimum atomic E-state index is -3.08. The molecule has 0 aliphatic carbocycles. The first-order valence-corrected chi connectivity index (χ1v) is 7.84. The number of carbonyl (C=O) groups excluding carboxylic acids is 1. The van der Waals surface area contributed by atoms with Gasteiger partial charge in [0.05, 0.1) is 14.2 Å². The van der Waals surface area contributed by atoms with E-state index in [4.69, 9.17) is 9.47 Å². The van der Waals surface area contributed by atoms with E-state index in [0.29, 0.717) is 27.8 Å². The summed E-state index contributed by atoms with van der Waals surface area (Å²) in [7, 11) is 2.87. The van der Waals surface area contributed by atoms with Crippen LogP contribution in [-0.2, 0) is 0 Å². The van der Waals surface area contributed by atoms with Crippen LogP contribution in [-0.4, -0.2) is 34.7 Å². The number of hydrogen-bond acceptors (Lipinski definition) is 5. The zero-order chi connectivity index (χ0) is 20.4. The summed E-state index contributed by atoms with van der Waals surface area (Å²) in [6, 6.07) is 6.19. The molecule has 3 rings (SSSR count). The summed E-state index contributed by atoms with van der Waals surface area (Å²) in [5, 5.41) is 6.29. The van der Waals surface area contributed by atoms with Gasteiger partial charge in [0.1, 0.15) is 11.4 Å². The highest BCUT2D eigenvalue weighted by Gasteiger charge is 2.22. The number of anilines is 1. The van der Waals surface area contributed by atoms with Crippen molar-refractivity contribution in [3.05, 3.63) is 47.4 Å². The number of ether oxygens (including phenoxy) is 2. The number of nitrogens with one attached hydrogen (secondary N) is 1. The molecule has 0 bridgehead atoms. The lowest BCUT2D eigenvalue weighted by Crippen LogP contribution is -2.13. The van der Waals surface area contributed by atoms with Crippen LogP contribution in [0.1, 0.15) is 34.7 Å². The van der Waals surface area contributed by atoms with Gasteiger partial charge in [-0.25, -0.2) is 27.1 Å². The van der Waals surface area contributed by atoms with Gasteiger partial charge in [-0.3, -0.25) is 4.79 Å². The van der Waals surface area contributed by atoms with Crippen LogP contribution in [0.5, 0.6) is 11.5 Å². The molecule has 0 radical (unpaired) electrons. The minimum Gasteiger partial charge on any atom is -0.493 e. The molecule has 0 saturated carbocycles. The van der Waals surface area contributed by atoms with Crippen LogP contribution in [0.3, 0.4) is 0 Å². The van der Waals surface area contributed by atoms with Gasteiger partial charge in [0.15, 0.2) is 22.8 Å². The van der Waals surface area contributed by atoms with E-state index in [1.54, 1.807) is 6.07 Å². The Balaban J connectivity index is 1.95. The maximum Gasteiger partial charge on any atom is 0.280 e. The summed E-state index contributed by atoms with van der Waals surface area (Å²) in [4.78, 5) is 16.0. The van der Waals surface area contributed by atoms with Crippen LogP contribution in [0.15, 0.2) is 30.3 Å². The minimum absolute atomic E-state index is 0.268. The fourth-order valence-electron chi connectivity index (χ4n) is 2.51. The fourth-order valence-corrected chi connectivity index (χ4v) is 2.51. The molecule has 148 valence electrons. The van der Waals surface area contributed by atoms with E-state index in [1.165, 1.54) is 26.4 Å². The lowest BCUT2D eigenvalue weighted by atomic mass is 10.2. The molecule has 11 heteroatoms. The molecule has 0 aliphatic rings. The van der Waals surface area contributed by atoms with Gasteiger partial charge in [0.2, 0.25) is 0 Å². The van der Waals surface area contributed by atoms with Crippen molar-refractivity contribution >= 4 is 17.2 Å². The first-order chi connectivity index (χ1) is 13.3. The SMILES string of the molecule is COc1ccc(NC(=O)c2cc3nc(C(F)F)cc(C(F)F)n3n2)cc1OC. The second kappa shape index (κ2) is 7.71. The average Bonchev–Trinajstić information content (AvgIpc) is 3.11. The van der Waals surface area contributed by atoms with Gasteiger partial charge in [-0.05, 0) is 18.2 Å². The maximum absolute atomic E-state index is 13.2. The van der Waals surface area contributed by atoms with Gasteiger partial charge in [0, 0.05) is 17.8 Å². The second-order valence-electron chi connectivity index (χ2n) is 5.53. The predicted molar refractivity (Wildman–Crippen MR) is 90.4 cm³/mol. The van der Waals surface area contributed by atoms with Gasteiger partial charge >= 0.3 is 0 Å². The normalized spacial score (nSPS) is 11.3. The van der Waals surface area contributed by atoms with E-state index in [1.807, 2.05) is 0 Å². The van der Waals surface area contributed by atoms with Crippen molar-refractivity contribution < 1.29 is 31.8 Å². The van der Waals surface area contributed by atoms with E-state index in [2.05, 4.69) is 15.4 Å². The Morgan fingerprint density at radius 3 is 2.36 bits per heavy atom. The van der Waals surface area contributed by atoms with E-state index in [-0.39, 0.29) is 11.3 Å². The number of amides is 1. The molecule has 0 saturated heterocycles. The molecule has 7 nitrogen and oxygen atoms in total. The van der Waals surface area contributed by atoms with Crippen molar-refractivity contribution in [3.63, 3.8) is 0 Å². The molecule has 2 aromatic heterocycles. The lowest BCUT2D eigenvalue weighted by Gasteiger charge is -2.09. The molecule has 3 aromatic rings. The van der Waals surface area contributed by atoms with Crippen molar-refractivity contribution in [3.8, 4) is 11.5 Å². The van der Waals surface area contributed by atoms with E-state index >= 15 is 0 Å². The van der Waals surface area contributed by atoms with Crippen LogP contribution < -0.4 is 14.8 Å². The average molecular weight is 398 g/mol. The summed E-state index contributed by atoms with van der Waals surface area (Å²) >= 11 is 0. The zero-order valence-electron chi connectivity index (χ0n) is 14.6. The number of carbonyl (C=O) groups is 1. The van der Waals surface area contributed by atoms with E-state index in [9.17, 15) is 22.4 Å². The number of hydrogen-bond donors (Lipinski definition) is 1. The Hall–Kier alpha value is -3.37. The molecule has 1 amide bonds. The summed E-state index contributed by atoms with van der Waals surface area (Å²) < 4.78 is 63.0. The number of aromatic nitrogens is 3. The Morgan fingerprint density at radius 2 is 1.75 bits per heavy atom. The molecule has 0 spiro atoms. The topological polar surface area (TPSA) is 77.8 Å². The number of benzene rings is 1. The predicted octanol–water partition coefficient (Wildman–Crippen LogP) is 3.87. The molecule has 1 N–H and O–H groups in total. The van der Waals surface area contributed by atoms with Gasteiger partial charge < -0.3 is 14.8 Å². The van der Waals surface area contributed by atoms with Crippen LogP contribution >= 0.6 is 0 Å². The van der Waals surface area contributed by atoms with E-state index < -0.39 is 30.1 Å². The Labute approximate surface area is 155 Å². The number of fused-ring (bicyclic) bond motifs is 1. The van der Waals surface area contributed by atoms with Crippen LogP contribution in [0.2, 0.25) is 0 Å². The highest BCUT2D eigenvalue weighted by Crippen LogP contribution is 2.30. The highest BCUT2D eigenvalue weighted by molar-refractivity contribution is 6.03. The number of rotatable bonds is 6. The third-order valence-corrected chi connectivity index (χ3v) is 3.80. The van der Waals surface area contributed by atoms with Crippen molar-refractivity contribution in [2.45, 2.75) is 12.9 Å². The molecular weight excluding hydrogens is 384 g/mol. The van der Waals surface area contributed by atoms with Crippen molar-refractivity contribution in [1.82, 2.24) is 14.6 Å². The first-order valence-electron chi connectivity index (χ1n) is 7.84. The summed E-state index contributed by atoms with van der Waals surface area (Å²) in [5.74, 6) is 0.0635. The molecule has 0 atom stereocenters. The molecular formula is C17H14F4N4O3. The summed E-state index contributed by atoms with van der Waals surface area (Å²) in [5.41, 5.74) is -1.84. The highest BCUT2D eigenvalue weighted by atomic mass is 19.3. The van der Waals surface area contributed by atoms with Crippen LogP contribution in [0, 0.1) is 0 Å². The molecule has 0 unspecified atom stereocenters. The van der Waals surface area contributed by atoms with Crippen molar-refractivity contribution in [2.75, 3.05) is 19.5 Å². The Morgan fingerprint density at radius 1 is 1.04 bits per heavy atom. The third-order valence-electron chi connectivity index (χ3n) is 3.80. The smallest absolute Gasteiger partial charge is 0.280 e. The van der Waals surface area contributed by atoms with Gasteiger partial charge in [-0.15, -0.1) is 0 Å². The van der Waals surface area contributed by atoms with Crippen molar-refractivity contribution in [2.24, 2.45) is 0 Å². The Bertz CT molecular complexity index is 1020. The fraction of sp³-hybridized carbons (Fsp3) is 0.235. The molecule has 0 aliphatic heterocycles. The van der Waals surface area contributed by atoms with Gasteiger partial charge in [-0.1, -0.05) is 0 Å². The number of halogens is 4. The van der Waals surface area contributed by atoms with Gasteiger partial charge in [0.25, 0.3) is 18.8 Å². The third kappa shape index (κ3) is 3.68. The number of alkyl halides is 4. The van der Waals surface area contributed by atoms with E-state index in [0.717, 1.165) is 6.07 Å². The molecule has 2 heterocycles. The molecule has 0 fully saturated rings. The Kier molecular flexibility index (Phi) is 5.34. The largest absolute Gasteiger partial charge is 0.493 e. The maximum atomic E-state index is 13.2. The number of methoxy groups -OCH3 is 2. The lowest BCUT2D eigenvalue weighted by molar-refractivity contribution is 0.102. The second-order valence-corrected chi connectivity index (χ2v) is 5.53. The first kappa shape index (κ1) is 19.4. The molecule has 28 heavy (non-hydrogen) atoms. The zero-order valence-corrected chi connectivity index (χ0v) is 14.6. The van der Waals surface area contributed by atoms with Crippen LogP contribution in [0.25, 0.3) is 5.65 Å².